The molecular formula is C12H7ClF3N5. The molecule has 0 unspecified atom stereocenters. The Morgan fingerprint density at radius 1 is 1.19 bits per heavy atom. The molecule has 0 atom stereocenters. The lowest BCUT2D eigenvalue weighted by Crippen LogP contribution is -2.06. The fourth-order valence-corrected chi connectivity index (χ4v) is 1.97. The summed E-state index contributed by atoms with van der Waals surface area (Å²) >= 11 is 5.96. The molecule has 2 heterocycles. The molecule has 1 aromatic carbocycles. The van der Waals surface area contributed by atoms with Gasteiger partial charge in [0.25, 0.3) is 5.78 Å². The highest BCUT2D eigenvalue weighted by Gasteiger charge is 2.15. The summed E-state index contributed by atoms with van der Waals surface area (Å²) in [5, 5.41) is 6.85. The van der Waals surface area contributed by atoms with Crippen molar-refractivity contribution < 1.29 is 13.2 Å². The van der Waals surface area contributed by atoms with E-state index in [1.54, 1.807) is 6.92 Å². The van der Waals surface area contributed by atoms with Crippen molar-refractivity contribution in [3.05, 3.63) is 46.6 Å². The Bertz CT molecular complexity index is 825. The molecule has 0 radical (unpaired) electrons. The van der Waals surface area contributed by atoms with E-state index in [0.717, 1.165) is 12.1 Å². The lowest BCUT2D eigenvalue weighted by Gasteiger charge is -2.12. The first-order chi connectivity index (χ1) is 9.97. The van der Waals surface area contributed by atoms with E-state index >= 15 is 0 Å². The molecule has 0 saturated carbocycles. The van der Waals surface area contributed by atoms with Crippen molar-refractivity contribution in [2.45, 2.75) is 6.92 Å². The molecule has 108 valence electrons. The van der Waals surface area contributed by atoms with Crippen molar-refractivity contribution in [1.29, 1.82) is 0 Å². The Balaban J connectivity index is 2.14. The summed E-state index contributed by atoms with van der Waals surface area (Å²) in [6.07, 6.45) is 1.26. The van der Waals surface area contributed by atoms with Crippen LogP contribution in [0.25, 0.3) is 5.78 Å². The number of fused-ring (bicyclic) bond motifs is 1. The summed E-state index contributed by atoms with van der Waals surface area (Å²) < 4.78 is 40.8. The van der Waals surface area contributed by atoms with Crippen LogP contribution in [0.4, 0.5) is 24.7 Å². The summed E-state index contributed by atoms with van der Waals surface area (Å²) in [6, 6.07) is 1.66. The van der Waals surface area contributed by atoms with Gasteiger partial charge in [-0.2, -0.15) is 19.6 Å². The fraction of sp³-hybridized carbons (Fsp3) is 0.0833. The average molecular weight is 314 g/mol. The number of benzene rings is 1. The third-order valence-corrected chi connectivity index (χ3v) is 3.22. The third kappa shape index (κ3) is 2.27. The van der Waals surface area contributed by atoms with Crippen molar-refractivity contribution in [1.82, 2.24) is 19.6 Å². The molecule has 21 heavy (non-hydrogen) atoms. The van der Waals surface area contributed by atoms with E-state index in [9.17, 15) is 13.2 Å². The van der Waals surface area contributed by atoms with Crippen LogP contribution in [0.15, 0.2) is 18.5 Å². The van der Waals surface area contributed by atoms with Crippen molar-refractivity contribution in [3.8, 4) is 0 Å². The molecule has 0 spiro atoms. The first-order valence-corrected chi connectivity index (χ1v) is 6.12. The Kier molecular flexibility index (Phi) is 3.17. The van der Waals surface area contributed by atoms with Gasteiger partial charge in [0.1, 0.15) is 17.3 Å². The Morgan fingerprint density at radius 3 is 2.52 bits per heavy atom. The zero-order valence-corrected chi connectivity index (χ0v) is 11.3. The van der Waals surface area contributed by atoms with Gasteiger partial charge in [-0.15, -0.1) is 0 Å². The molecule has 0 aliphatic carbocycles. The van der Waals surface area contributed by atoms with Gasteiger partial charge in [-0.1, -0.05) is 11.6 Å². The van der Waals surface area contributed by atoms with E-state index in [4.69, 9.17) is 11.6 Å². The highest BCUT2D eigenvalue weighted by atomic mass is 35.5. The molecule has 0 fully saturated rings. The largest absolute Gasteiger partial charge is 0.340 e. The second-order valence-corrected chi connectivity index (χ2v) is 4.58. The maximum atomic E-state index is 13.2. The minimum atomic E-state index is -1.53. The van der Waals surface area contributed by atoms with Gasteiger partial charge in [0, 0.05) is 23.4 Å². The molecule has 1 N–H and O–H groups in total. The van der Waals surface area contributed by atoms with Gasteiger partial charge in [-0.05, 0) is 6.92 Å². The Labute approximate surface area is 121 Å². The summed E-state index contributed by atoms with van der Waals surface area (Å²) in [7, 11) is 0. The second-order valence-electron chi connectivity index (χ2n) is 4.23. The maximum Gasteiger partial charge on any atom is 0.255 e. The SMILES string of the molecule is Cc1c(Cl)nc2ncnn2c1Nc1cc(F)c(F)c(F)c1. The molecule has 0 saturated heterocycles. The number of hydrogen-bond acceptors (Lipinski definition) is 4. The third-order valence-electron chi connectivity index (χ3n) is 2.85. The van der Waals surface area contributed by atoms with E-state index in [0.29, 0.717) is 11.4 Å². The van der Waals surface area contributed by atoms with E-state index in [1.807, 2.05) is 0 Å². The lowest BCUT2D eigenvalue weighted by molar-refractivity contribution is 0.448. The van der Waals surface area contributed by atoms with Gasteiger partial charge >= 0.3 is 0 Å². The monoisotopic (exact) mass is 313 g/mol. The fourth-order valence-electron chi connectivity index (χ4n) is 1.81. The molecule has 0 aliphatic rings. The zero-order valence-electron chi connectivity index (χ0n) is 10.5. The molecule has 2 aromatic heterocycles. The predicted molar refractivity (Wildman–Crippen MR) is 70.1 cm³/mol. The van der Waals surface area contributed by atoms with Crippen molar-refractivity contribution >= 4 is 28.9 Å². The predicted octanol–water partition coefficient (Wildman–Crippen LogP) is 3.25. The van der Waals surface area contributed by atoms with Gasteiger partial charge in [0.2, 0.25) is 0 Å². The van der Waals surface area contributed by atoms with E-state index in [2.05, 4.69) is 20.4 Å². The number of nitrogens with zero attached hydrogens (tertiary/aromatic N) is 4. The number of rotatable bonds is 2. The highest BCUT2D eigenvalue weighted by molar-refractivity contribution is 6.30. The Hall–Kier alpha value is -2.35. The van der Waals surface area contributed by atoms with Gasteiger partial charge in [0.05, 0.1) is 0 Å². The van der Waals surface area contributed by atoms with Crippen LogP contribution in [0.5, 0.6) is 0 Å². The number of halogens is 4. The van der Waals surface area contributed by atoms with E-state index in [-0.39, 0.29) is 16.6 Å². The highest BCUT2D eigenvalue weighted by Crippen LogP contribution is 2.26. The molecular weight excluding hydrogens is 307 g/mol. The quantitative estimate of drug-likeness (QED) is 0.583. The van der Waals surface area contributed by atoms with Gasteiger partial charge in [-0.3, -0.25) is 0 Å². The first kappa shape index (κ1) is 13.6. The lowest BCUT2D eigenvalue weighted by atomic mass is 10.2. The number of anilines is 2. The molecule has 0 aliphatic heterocycles. The van der Waals surface area contributed by atoms with E-state index < -0.39 is 17.5 Å². The minimum absolute atomic E-state index is 0.00793. The van der Waals surface area contributed by atoms with Crippen LogP contribution in [0, 0.1) is 24.4 Å². The number of aromatic nitrogens is 4. The molecule has 3 aromatic rings. The zero-order chi connectivity index (χ0) is 15.1. The smallest absolute Gasteiger partial charge is 0.255 e. The van der Waals surface area contributed by atoms with Crippen LogP contribution < -0.4 is 5.32 Å². The normalized spacial score (nSPS) is 11.1. The maximum absolute atomic E-state index is 13.2. The van der Waals surface area contributed by atoms with E-state index in [1.165, 1.54) is 10.8 Å². The second kappa shape index (κ2) is 4.88. The Morgan fingerprint density at radius 2 is 1.86 bits per heavy atom. The van der Waals surface area contributed by atoms with Crippen LogP contribution in [0.3, 0.4) is 0 Å². The van der Waals surface area contributed by atoms with Crippen LogP contribution in [-0.4, -0.2) is 19.6 Å². The van der Waals surface area contributed by atoms with Crippen LogP contribution in [0.2, 0.25) is 5.15 Å². The number of nitrogens with one attached hydrogen (secondary N) is 1. The van der Waals surface area contributed by atoms with Crippen LogP contribution in [-0.2, 0) is 0 Å². The summed E-state index contributed by atoms with van der Waals surface area (Å²) in [4.78, 5) is 7.87. The topological polar surface area (TPSA) is 55.1 Å². The number of hydrogen-bond donors (Lipinski definition) is 1. The average Bonchev–Trinajstić information content (AvgIpc) is 2.89. The summed E-state index contributed by atoms with van der Waals surface area (Å²) in [5.41, 5.74) is 0.508. The minimum Gasteiger partial charge on any atom is -0.340 e. The molecule has 9 heteroatoms. The molecule has 3 rings (SSSR count). The van der Waals surface area contributed by atoms with Crippen molar-refractivity contribution in [2.24, 2.45) is 0 Å². The molecule has 0 amide bonds. The van der Waals surface area contributed by atoms with Crippen LogP contribution >= 0.6 is 11.6 Å². The van der Waals surface area contributed by atoms with Gasteiger partial charge in [-0.25, -0.2) is 13.2 Å². The molecule has 0 bridgehead atoms. The molecule has 5 nitrogen and oxygen atoms in total. The summed E-state index contributed by atoms with van der Waals surface area (Å²) in [6.45, 7) is 1.65. The standard InChI is InChI=1S/C12H7ClF3N5/c1-5-10(13)20-12-17-4-18-21(12)11(5)19-6-2-7(14)9(16)8(15)3-6/h2-4,19H,1H3. The summed E-state index contributed by atoms with van der Waals surface area (Å²) in [5.74, 6) is -3.59. The van der Waals surface area contributed by atoms with Crippen molar-refractivity contribution in [3.63, 3.8) is 0 Å². The van der Waals surface area contributed by atoms with Gasteiger partial charge in [0.15, 0.2) is 17.5 Å². The van der Waals surface area contributed by atoms with Crippen molar-refractivity contribution in [2.75, 3.05) is 5.32 Å². The van der Waals surface area contributed by atoms with Crippen LogP contribution in [0.1, 0.15) is 5.56 Å². The first-order valence-electron chi connectivity index (χ1n) is 5.75. The van der Waals surface area contributed by atoms with Gasteiger partial charge < -0.3 is 5.32 Å².